The third kappa shape index (κ3) is 5.80. The number of benzene rings is 2. The monoisotopic (exact) mass is 453 g/mol. The van der Waals surface area contributed by atoms with Crippen LogP contribution in [-0.2, 0) is 9.53 Å². The summed E-state index contributed by atoms with van der Waals surface area (Å²) in [5.74, 6) is 0.332. The third-order valence-electron chi connectivity index (χ3n) is 7.19. The van der Waals surface area contributed by atoms with Crippen LogP contribution in [0.15, 0.2) is 48.5 Å². The van der Waals surface area contributed by atoms with Gasteiger partial charge in [0.2, 0.25) is 0 Å². The van der Waals surface area contributed by atoms with Gasteiger partial charge in [-0.2, -0.15) is 0 Å². The molecule has 0 aromatic heterocycles. The number of ketones is 1. The third-order valence-corrected chi connectivity index (χ3v) is 7.19. The minimum atomic E-state index is -0.360. The van der Waals surface area contributed by atoms with Crippen LogP contribution in [0.1, 0.15) is 60.9 Å². The molecule has 0 unspecified atom stereocenters. The van der Waals surface area contributed by atoms with E-state index in [1.807, 2.05) is 12.1 Å². The highest BCUT2D eigenvalue weighted by molar-refractivity contribution is 5.89. The van der Waals surface area contributed by atoms with Gasteiger partial charge in [0.25, 0.3) is 0 Å². The molecule has 176 valence electrons. The van der Waals surface area contributed by atoms with Crippen LogP contribution in [0.5, 0.6) is 5.75 Å². The van der Waals surface area contributed by atoms with E-state index in [0.717, 1.165) is 24.9 Å². The molecule has 5 nitrogen and oxygen atoms in total. The molecule has 0 radical (unpaired) electrons. The summed E-state index contributed by atoms with van der Waals surface area (Å²) in [6.45, 7) is 4.10. The molecule has 2 fully saturated rings. The predicted octanol–water partition coefficient (Wildman–Crippen LogP) is 5.00. The van der Waals surface area contributed by atoms with Gasteiger partial charge in [-0.05, 0) is 85.5 Å². The Morgan fingerprint density at radius 3 is 2.42 bits per heavy atom. The SMILES string of the molecule is COC(=O)c1ccc([C@H](C)CC(=O)[C@H]2CC3(CCN2CCOc2ccc(F)cc2)CC3)cc1. The lowest BCUT2D eigenvalue weighted by Gasteiger charge is -2.39. The average molecular weight is 454 g/mol. The van der Waals surface area contributed by atoms with Crippen molar-refractivity contribution in [2.45, 2.75) is 51.0 Å². The molecular weight excluding hydrogens is 421 g/mol. The Hall–Kier alpha value is -2.73. The number of hydrogen-bond acceptors (Lipinski definition) is 5. The molecule has 1 spiro atoms. The summed E-state index contributed by atoms with van der Waals surface area (Å²) in [6, 6.07) is 13.2. The van der Waals surface area contributed by atoms with Crippen molar-refractivity contribution >= 4 is 11.8 Å². The van der Waals surface area contributed by atoms with Crippen LogP contribution in [0, 0.1) is 11.2 Å². The Kier molecular flexibility index (Phi) is 7.13. The van der Waals surface area contributed by atoms with Crippen molar-refractivity contribution < 1.29 is 23.5 Å². The molecule has 2 aliphatic rings. The van der Waals surface area contributed by atoms with E-state index in [1.54, 1.807) is 24.3 Å². The molecule has 2 aromatic rings. The van der Waals surface area contributed by atoms with Crippen molar-refractivity contribution in [3.8, 4) is 5.75 Å². The number of methoxy groups -OCH3 is 1. The largest absolute Gasteiger partial charge is 0.492 e. The maximum Gasteiger partial charge on any atom is 0.337 e. The highest BCUT2D eigenvalue weighted by atomic mass is 19.1. The Bertz CT molecular complexity index is 969. The lowest BCUT2D eigenvalue weighted by molar-refractivity contribution is -0.127. The van der Waals surface area contributed by atoms with E-state index in [4.69, 9.17) is 9.47 Å². The van der Waals surface area contributed by atoms with Gasteiger partial charge < -0.3 is 9.47 Å². The van der Waals surface area contributed by atoms with Gasteiger partial charge >= 0.3 is 5.97 Å². The molecule has 2 aromatic carbocycles. The van der Waals surface area contributed by atoms with Crippen molar-refractivity contribution in [3.63, 3.8) is 0 Å². The summed E-state index contributed by atoms with van der Waals surface area (Å²) in [7, 11) is 1.37. The van der Waals surface area contributed by atoms with Gasteiger partial charge in [-0.15, -0.1) is 0 Å². The van der Waals surface area contributed by atoms with Crippen molar-refractivity contribution in [1.29, 1.82) is 0 Å². The number of ether oxygens (including phenoxy) is 2. The summed E-state index contributed by atoms with van der Waals surface area (Å²) < 4.78 is 23.6. The van der Waals surface area contributed by atoms with Crippen LogP contribution in [0.25, 0.3) is 0 Å². The highest BCUT2D eigenvalue weighted by Crippen LogP contribution is 2.55. The summed E-state index contributed by atoms with van der Waals surface area (Å²) in [4.78, 5) is 27.3. The maximum atomic E-state index is 13.4. The minimum absolute atomic E-state index is 0.0681. The first-order chi connectivity index (χ1) is 15.9. The number of halogens is 1. The zero-order valence-electron chi connectivity index (χ0n) is 19.4. The Labute approximate surface area is 194 Å². The standard InChI is InChI=1S/C27H32FNO4/c1-19(20-3-5-21(6-4-20)26(31)32-2)17-25(30)24-18-27(11-12-27)13-14-29(24)15-16-33-23-9-7-22(28)8-10-23/h3-10,19,24H,11-18H2,1-2H3/t19-,24-/m1/s1. The quantitative estimate of drug-likeness (QED) is 0.500. The fourth-order valence-corrected chi connectivity index (χ4v) is 4.83. The fraction of sp³-hybridized carbons (Fsp3) is 0.481. The summed E-state index contributed by atoms with van der Waals surface area (Å²) >= 11 is 0. The molecule has 4 rings (SSSR count). The van der Waals surface area contributed by atoms with Gasteiger partial charge in [-0.3, -0.25) is 9.69 Å². The van der Waals surface area contributed by atoms with E-state index < -0.39 is 0 Å². The number of carbonyl (C=O) groups is 2. The number of likely N-dealkylation sites (tertiary alicyclic amines) is 1. The lowest BCUT2D eigenvalue weighted by Crippen LogP contribution is -2.49. The van der Waals surface area contributed by atoms with E-state index >= 15 is 0 Å². The van der Waals surface area contributed by atoms with E-state index in [0.29, 0.717) is 36.3 Å². The molecule has 1 heterocycles. The van der Waals surface area contributed by atoms with Crippen LogP contribution in [0.4, 0.5) is 4.39 Å². The van der Waals surface area contributed by atoms with Crippen molar-refractivity contribution in [2.24, 2.45) is 5.41 Å². The second-order valence-electron chi connectivity index (χ2n) is 9.49. The van der Waals surface area contributed by atoms with Gasteiger partial charge in [0, 0.05) is 13.0 Å². The highest BCUT2D eigenvalue weighted by Gasteiger charge is 2.49. The van der Waals surface area contributed by atoms with E-state index in [9.17, 15) is 14.0 Å². The van der Waals surface area contributed by atoms with Crippen LogP contribution in [0.2, 0.25) is 0 Å². The molecule has 1 saturated carbocycles. The normalized spacial score (nSPS) is 20.3. The van der Waals surface area contributed by atoms with Crippen LogP contribution in [-0.4, -0.2) is 49.5 Å². The van der Waals surface area contributed by atoms with Crippen molar-refractivity contribution in [2.75, 3.05) is 26.8 Å². The molecule has 33 heavy (non-hydrogen) atoms. The molecule has 0 bridgehead atoms. The number of piperidine rings is 1. The van der Waals surface area contributed by atoms with E-state index in [1.165, 1.54) is 32.1 Å². The lowest BCUT2D eigenvalue weighted by atomic mass is 9.83. The first-order valence-corrected chi connectivity index (χ1v) is 11.7. The molecular formula is C27H32FNO4. The molecule has 2 atom stereocenters. The topological polar surface area (TPSA) is 55.8 Å². The average Bonchev–Trinajstić information content (AvgIpc) is 3.59. The smallest absolute Gasteiger partial charge is 0.337 e. The van der Waals surface area contributed by atoms with Gasteiger partial charge in [-0.25, -0.2) is 9.18 Å². The molecule has 0 amide bonds. The molecule has 0 N–H and O–H groups in total. The van der Waals surface area contributed by atoms with Crippen LogP contribution in [0.3, 0.4) is 0 Å². The Balaban J connectivity index is 1.36. The number of Topliss-reactive ketones (excluding diaryl/α,β-unsaturated/α-hetero) is 1. The zero-order valence-corrected chi connectivity index (χ0v) is 19.4. The summed E-state index contributed by atoms with van der Waals surface area (Å²) in [6.07, 6.45) is 4.98. The summed E-state index contributed by atoms with van der Waals surface area (Å²) in [5, 5.41) is 0. The number of rotatable bonds is 9. The second kappa shape index (κ2) is 10.0. The molecule has 6 heteroatoms. The molecule has 1 saturated heterocycles. The predicted molar refractivity (Wildman–Crippen MR) is 124 cm³/mol. The van der Waals surface area contributed by atoms with E-state index in [2.05, 4.69) is 11.8 Å². The minimum Gasteiger partial charge on any atom is -0.492 e. The zero-order chi connectivity index (χ0) is 23.4. The number of nitrogens with zero attached hydrogens (tertiary/aromatic N) is 1. The first kappa shape index (κ1) is 23.4. The van der Waals surface area contributed by atoms with Crippen molar-refractivity contribution in [3.05, 3.63) is 65.5 Å². The number of esters is 1. The number of carbonyl (C=O) groups excluding carboxylic acids is 2. The second-order valence-corrected chi connectivity index (χ2v) is 9.49. The Morgan fingerprint density at radius 2 is 1.79 bits per heavy atom. The molecule has 1 aliphatic heterocycles. The summed E-state index contributed by atoms with van der Waals surface area (Å²) in [5.41, 5.74) is 1.91. The van der Waals surface area contributed by atoms with Gasteiger partial charge in [0.1, 0.15) is 18.2 Å². The van der Waals surface area contributed by atoms with Gasteiger partial charge in [0.15, 0.2) is 5.78 Å². The van der Waals surface area contributed by atoms with Crippen molar-refractivity contribution in [1.82, 2.24) is 4.90 Å². The van der Waals surface area contributed by atoms with Gasteiger partial charge in [0.05, 0.1) is 18.7 Å². The van der Waals surface area contributed by atoms with Crippen LogP contribution >= 0.6 is 0 Å². The maximum absolute atomic E-state index is 13.4. The Morgan fingerprint density at radius 1 is 1.09 bits per heavy atom. The first-order valence-electron chi connectivity index (χ1n) is 11.7. The van der Waals surface area contributed by atoms with Crippen LogP contribution < -0.4 is 4.74 Å². The molecule has 1 aliphatic carbocycles. The van der Waals surface area contributed by atoms with E-state index in [-0.39, 0.29) is 29.5 Å². The fourth-order valence-electron chi connectivity index (χ4n) is 4.83. The van der Waals surface area contributed by atoms with Gasteiger partial charge in [-0.1, -0.05) is 19.1 Å². The number of hydrogen-bond donors (Lipinski definition) is 0.